The molecule has 1 heterocycles. The quantitative estimate of drug-likeness (QED) is 0.773. The standard InChI is InChI=1S/C14H26ClN3O/c1-5-11(6-2)13(19)9-16-8-12-14(15)10(4)17-18(12)7-3/h11,13,16,19H,5-9H2,1-4H3. The number of nitrogens with zero attached hydrogens (tertiary/aromatic N) is 2. The molecular weight excluding hydrogens is 262 g/mol. The van der Waals surface area contributed by atoms with E-state index < -0.39 is 0 Å². The molecule has 0 aliphatic carbocycles. The topological polar surface area (TPSA) is 50.1 Å². The minimum Gasteiger partial charge on any atom is -0.392 e. The predicted molar refractivity (Wildman–Crippen MR) is 79.4 cm³/mol. The second-order valence-corrected chi connectivity index (χ2v) is 5.31. The Hall–Kier alpha value is -0.580. The van der Waals surface area contributed by atoms with Gasteiger partial charge in [0.25, 0.3) is 0 Å². The van der Waals surface area contributed by atoms with Crippen molar-refractivity contribution in [2.24, 2.45) is 5.92 Å². The lowest BCUT2D eigenvalue weighted by Gasteiger charge is -2.20. The van der Waals surface area contributed by atoms with E-state index in [9.17, 15) is 5.11 Å². The fourth-order valence-corrected chi connectivity index (χ4v) is 2.58. The van der Waals surface area contributed by atoms with Crippen molar-refractivity contribution >= 4 is 11.6 Å². The molecule has 0 saturated heterocycles. The van der Waals surface area contributed by atoms with Crippen LogP contribution in [0.3, 0.4) is 0 Å². The van der Waals surface area contributed by atoms with Crippen molar-refractivity contribution in [3.8, 4) is 0 Å². The normalized spacial score (nSPS) is 13.2. The summed E-state index contributed by atoms with van der Waals surface area (Å²) in [4.78, 5) is 0. The number of halogens is 1. The summed E-state index contributed by atoms with van der Waals surface area (Å²) in [5.41, 5.74) is 1.86. The molecule has 1 rings (SSSR count). The van der Waals surface area contributed by atoms with Gasteiger partial charge in [-0.1, -0.05) is 38.3 Å². The molecule has 5 heteroatoms. The van der Waals surface area contributed by atoms with Crippen LogP contribution in [0.2, 0.25) is 5.02 Å². The minimum atomic E-state index is -0.298. The van der Waals surface area contributed by atoms with Gasteiger partial charge in [-0.2, -0.15) is 5.10 Å². The molecule has 0 aliphatic heterocycles. The van der Waals surface area contributed by atoms with Crippen molar-refractivity contribution in [3.05, 3.63) is 16.4 Å². The van der Waals surface area contributed by atoms with E-state index in [0.717, 1.165) is 35.8 Å². The molecule has 4 nitrogen and oxygen atoms in total. The number of rotatable bonds is 8. The highest BCUT2D eigenvalue weighted by Gasteiger charge is 2.16. The van der Waals surface area contributed by atoms with E-state index in [0.29, 0.717) is 19.0 Å². The second kappa shape index (κ2) is 7.88. The third-order valence-electron chi connectivity index (χ3n) is 3.69. The zero-order valence-corrected chi connectivity index (χ0v) is 13.2. The Morgan fingerprint density at radius 2 is 1.95 bits per heavy atom. The maximum Gasteiger partial charge on any atom is 0.0860 e. The first-order chi connectivity index (χ1) is 9.04. The van der Waals surface area contributed by atoms with E-state index in [2.05, 4.69) is 24.3 Å². The molecule has 0 bridgehead atoms. The third-order valence-corrected chi connectivity index (χ3v) is 4.18. The number of aliphatic hydroxyl groups is 1. The molecule has 0 aromatic carbocycles. The van der Waals surface area contributed by atoms with Gasteiger partial charge in [-0.25, -0.2) is 0 Å². The Labute approximate surface area is 121 Å². The average Bonchev–Trinajstić information content (AvgIpc) is 2.67. The monoisotopic (exact) mass is 287 g/mol. The van der Waals surface area contributed by atoms with Crippen molar-refractivity contribution in [1.82, 2.24) is 15.1 Å². The van der Waals surface area contributed by atoms with Crippen molar-refractivity contribution in [2.45, 2.75) is 59.7 Å². The number of aliphatic hydroxyl groups excluding tert-OH is 1. The zero-order valence-electron chi connectivity index (χ0n) is 12.4. The average molecular weight is 288 g/mol. The maximum atomic E-state index is 10.1. The smallest absolute Gasteiger partial charge is 0.0860 e. The Bertz CT molecular complexity index is 388. The third kappa shape index (κ3) is 4.20. The van der Waals surface area contributed by atoms with Crippen LogP contribution < -0.4 is 5.32 Å². The largest absolute Gasteiger partial charge is 0.392 e. The summed E-state index contributed by atoms with van der Waals surface area (Å²) in [6.07, 6.45) is 1.71. The Morgan fingerprint density at radius 3 is 2.47 bits per heavy atom. The van der Waals surface area contributed by atoms with E-state index in [1.165, 1.54) is 0 Å². The van der Waals surface area contributed by atoms with Gasteiger partial charge in [0.2, 0.25) is 0 Å². The molecule has 0 aliphatic rings. The lowest BCUT2D eigenvalue weighted by atomic mass is 9.96. The first-order valence-electron chi connectivity index (χ1n) is 7.15. The highest BCUT2D eigenvalue weighted by atomic mass is 35.5. The molecule has 2 N–H and O–H groups in total. The molecule has 19 heavy (non-hydrogen) atoms. The van der Waals surface area contributed by atoms with Crippen LogP contribution in [0.5, 0.6) is 0 Å². The van der Waals surface area contributed by atoms with Gasteiger partial charge in [0.15, 0.2) is 0 Å². The number of hydrogen-bond acceptors (Lipinski definition) is 3. The molecule has 0 spiro atoms. The van der Waals surface area contributed by atoms with Crippen LogP contribution in [0.4, 0.5) is 0 Å². The molecule has 0 saturated carbocycles. The summed E-state index contributed by atoms with van der Waals surface area (Å²) in [6, 6.07) is 0. The molecule has 1 aromatic heterocycles. The van der Waals surface area contributed by atoms with Gasteiger partial charge in [0.1, 0.15) is 0 Å². The van der Waals surface area contributed by atoms with Gasteiger partial charge in [-0.05, 0) is 19.8 Å². The summed E-state index contributed by atoms with van der Waals surface area (Å²) < 4.78 is 1.91. The van der Waals surface area contributed by atoms with Crippen LogP contribution >= 0.6 is 11.6 Å². The number of hydrogen-bond donors (Lipinski definition) is 2. The van der Waals surface area contributed by atoms with Gasteiger partial charge in [-0.15, -0.1) is 0 Å². The summed E-state index contributed by atoms with van der Waals surface area (Å²) in [6.45, 7) is 10.2. The molecule has 1 aromatic rings. The predicted octanol–water partition coefficient (Wildman–Crippen LogP) is 2.75. The molecule has 0 amide bonds. The molecule has 1 atom stereocenters. The summed E-state index contributed by atoms with van der Waals surface area (Å²) >= 11 is 6.24. The minimum absolute atomic E-state index is 0.298. The number of aromatic nitrogens is 2. The number of nitrogens with one attached hydrogen (secondary N) is 1. The Balaban J connectivity index is 2.53. The van der Waals surface area contributed by atoms with E-state index >= 15 is 0 Å². The van der Waals surface area contributed by atoms with Crippen LogP contribution in [0.1, 0.15) is 45.0 Å². The molecule has 0 fully saturated rings. The molecule has 0 radical (unpaired) electrons. The zero-order chi connectivity index (χ0) is 14.4. The van der Waals surface area contributed by atoms with E-state index in [-0.39, 0.29) is 6.10 Å². The SMILES string of the molecule is CCC(CC)C(O)CNCc1c(Cl)c(C)nn1CC. The fourth-order valence-electron chi connectivity index (χ4n) is 2.38. The van der Waals surface area contributed by atoms with Gasteiger partial charge < -0.3 is 10.4 Å². The van der Waals surface area contributed by atoms with Gasteiger partial charge >= 0.3 is 0 Å². The van der Waals surface area contributed by atoms with Crippen molar-refractivity contribution in [1.29, 1.82) is 0 Å². The van der Waals surface area contributed by atoms with Crippen LogP contribution in [0, 0.1) is 12.8 Å². The van der Waals surface area contributed by atoms with Crippen molar-refractivity contribution < 1.29 is 5.11 Å². The van der Waals surface area contributed by atoms with Gasteiger partial charge in [-0.3, -0.25) is 4.68 Å². The highest BCUT2D eigenvalue weighted by molar-refractivity contribution is 6.31. The highest BCUT2D eigenvalue weighted by Crippen LogP contribution is 2.20. The Morgan fingerprint density at radius 1 is 1.32 bits per heavy atom. The molecule has 110 valence electrons. The maximum absolute atomic E-state index is 10.1. The number of aryl methyl sites for hydroxylation is 2. The van der Waals surface area contributed by atoms with Gasteiger partial charge in [0, 0.05) is 19.6 Å². The lowest BCUT2D eigenvalue weighted by molar-refractivity contribution is 0.101. The second-order valence-electron chi connectivity index (χ2n) is 4.94. The first-order valence-corrected chi connectivity index (χ1v) is 7.53. The molecular formula is C14H26ClN3O. The van der Waals surface area contributed by atoms with E-state index in [1.807, 2.05) is 18.5 Å². The van der Waals surface area contributed by atoms with Crippen molar-refractivity contribution in [3.63, 3.8) is 0 Å². The van der Waals surface area contributed by atoms with E-state index in [4.69, 9.17) is 11.6 Å². The summed E-state index contributed by atoms with van der Waals surface area (Å²) in [7, 11) is 0. The van der Waals surface area contributed by atoms with Crippen LogP contribution in [-0.4, -0.2) is 27.5 Å². The summed E-state index contributed by atoms with van der Waals surface area (Å²) in [5.74, 6) is 0.362. The van der Waals surface area contributed by atoms with E-state index in [1.54, 1.807) is 0 Å². The molecule has 1 unspecified atom stereocenters. The fraction of sp³-hybridized carbons (Fsp3) is 0.786. The first kappa shape index (κ1) is 16.5. The lowest BCUT2D eigenvalue weighted by Crippen LogP contribution is -2.32. The summed E-state index contributed by atoms with van der Waals surface area (Å²) in [5, 5.41) is 18.5. The van der Waals surface area contributed by atoms with Crippen LogP contribution in [0.25, 0.3) is 0 Å². The van der Waals surface area contributed by atoms with Gasteiger partial charge in [0.05, 0.1) is 22.5 Å². The van der Waals surface area contributed by atoms with Crippen LogP contribution in [-0.2, 0) is 13.1 Å². The van der Waals surface area contributed by atoms with Crippen LogP contribution in [0.15, 0.2) is 0 Å². The van der Waals surface area contributed by atoms with Crippen molar-refractivity contribution in [2.75, 3.05) is 6.54 Å². The Kier molecular flexibility index (Phi) is 6.83.